The van der Waals surface area contributed by atoms with Crippen molar-refractivity contribution in [3.8, 4) is 0 Å². The highest BCUT2D eigenvalue weighted by Crippen LogP contribution is 2.14. The molecule has 24 heavy (non-hydrogen) atoms. The van der Waals surface area contributed by atoms with Gasteiger partial charge in [0.1, 0.15) is 0 Å². The van der Waals surface area contributed by atoms with Crippen LogP contribution in [0.2, 0.25) is 0 Å². The maximum absolute atomic E-state index is 11.9. The monoisotopic (exact) mass is 332 g/mol. The molecule has 2 rings (SSSR count). The number of rotatable bonds is 6. The number of benzene rings is 1. The van der Waals surface area contributed by atoms with E-state index in [-0.39, 0.29) is 5.91 Å². The van der Waals surface area contributed by atoms with Gasteiger partial charge in [-0.2, -0.15) is 0 Å². The summed E-state index contributed by atoms with van der Waals surface area (Å²) >= 11 is 0. The molecule has 132 valence electrons. The molecule has 0 aromatic heterocycles. The first-order chi connectivity index (χ1) is 11.6. The van der Waals surface area contributed by atoms with Gasteiger partial charge in [0, 0.05) is 46.4 Å². The highest BCUT2D eigenvalue weighted by molar-refractivity contribution is 5.93. The van der Waals surface area contributed by atoms with E-state index < -0.39 is 0 Å². The fourth-order valence-corrected chi connectivity index (χ4v) is 2.65. The number of hydrogen-bond donors (Lipinski definition) is 2. The quantitative estimate of drug-likeness (QED) is 0.614. The average molecular weight is 332 g/mol. The van der Waals surface area contributed by atoms with Gasteiger partial charge < -0.3 is 20.3 Å². The van der Waals surface area contributed by atoms with E-state index in [1.807, 2.05) is 24.3 Å². The molecule has 2 N–H and O–H groups in total. The van der Waals surface area contributed by atoms with Gasteiger partial charge >= 0.3 is 0 Å². The van der Waals surface area contributed by atoms with E-state index in [1.165, 1.54) is 6.42 Å². The van der Waals surface area contributed by atoms with Crippen LogP contribution in [0.3, 0.4) is 0 Å². The molecule has 0 saturated carbocycles. The molecule has 1 aromatic carbocycles. The van der Waals surface area contributed by atoms with Crippen molar-refractivity contribution in [2.75, 3.05) is 34.3 Å². The van der Waals surface area contributed by atoms with E-state index in [0.29, 0.717) is 18.2 Å². The predicted molar refractivity (Wildman–Crippen MR) is 96.3 cm³/mol. The topological polar surface area (TPSA) is 66.0 Å². The number of aliphatic imine (C=N–C) groups is 1. The normalized spacial score (nSPS) is 17.6. The fraction of sp³-hybridized carbons (Fsp3) is 0.556. The Morgan fingerprint density at radius 1 is 1.29 bits per heavy atom. The third-order valence-corrected chi connectivity index (χ3v) is 4.07. The van der Waals surface area contributed by atoms with Gasteiger partial charge in [-0.3, -0.25) is 9.79 Å². The van der Waals surface area contributed by atoms with Gasteiger partial charge in [-0.05, 0) is 37.0 Å². The number of carbonyl (C=O) groups is 1. The number of guanidine groups is 1. The molecular weight excluding hydrogens is 304 g/mol. The number of nitrogens with zero attached hydrogens (tertiary/aromatic N) is 2. The first kappa shape index (κ1) is 18.3. The average Bonchev–Trinajstić information content (AvgIpc) is 3.11. The Balaban J connectivity index is 1.75. The Labute approximate surface area is 144 Å². The van der Waals surface area contributed by atoms with Gasteiger partial charge in [0.25, 0.3) is 5.91 Å². The second kappa shape index (κ2) is 9.27. The standard InChI is InChI=1S/C18H28N4O2/c1-19-18(20-11-10-16-5-4-12-24-16)21-13-14-6-8-15(9-7-14)17(23)22(2)3/h6-9,16H,4-5,10-13H2,1-3H3,(H2,19,20,21). The van der Waals surface area contributed by atoms with Crippen molar-refractivity contribution in [1.82, 2.24) is 15.5 Å². The molecule has 0 aliphatic carbocycles. The summed E-state index contributed by atoms with van der Waals surface area (Å²) in [7, 11) is 5.27. The zero-order valence-corrected chi connectivity index (χ0v) is 14.8. The van der Waals surface area contributed by atoms with Crippen LogP contribution >= 0.6 is 0 Å². The van der Waals surface area contributed by atoms with Crippen molar-refractivity contribution in [2.24, 2.45) is 4.99 Å². The summed E-state index contributed by atoms with van der Waals surface area (Å²) in [5, 5.41) is 6.59. The summed E-state index contributed by atoms with van der Waals surface area (Å²) in [5.74, 6) is 0.794. The van der Waals surface area contributed by atoms with E-state index in [9.17, 15) is 4.79 Å². The van der Waals surface area contributed by atoms with Crippen LogP contribution in [0.1, 0.15) is 35.2 Å². The molecule has 6 heteroatoms. The van der Waals surface area contributed by atoms with Gasteiger partial charge in [-0.25, -0.2) is 0 Å². The summed E-state index contributed by atoms with van der Waals surface area (Å²) < 4.78 is 5.61. The lowest BCUT2D eigenvalue weighted by Gasteiger charge is -2.14. The van der Waals surface area contributed by atoms with Crippen molar-refractivity contribution in [2.45, 2.75) is 31.9 Å². The van der Waals surface area contributed by atoms with Gasteiger partial charge in [-0.1, -0.05) is 12.1 Å². The molecule has 0 spiro atoms. The molecule has 1 aliphatic heterocycles. The third kappa shape index (κ3) is 5.53. The van der Waals surface area contributed by atoms with Crippen LogP contribution in [-0.2, 0) is 11.3 Å². The summed E-state index contributed by atoms with van der Waals surface area (Å²) in [6.07, 6.45) is 3.72. The number of hydrogen-bond acceptors (Lipinski definition) is 3. The minimum atomic E-state index is 0.0149. The first-order valence-corrected chi connectivity index (χ1v) is 8.47. The van der Waals surface area contributed by atoms with Gasteiger partial charge in [0.05, 0.1) is 6.10 Å². The minimum Gasteiger partial charge on any atom is -0.378 e. The van der Waals surface area contributed by atoms with Crippen LogP contribution in [0.4, 0.5) is 0 Å². The highest BCUT2D eigenvalue weighted by Gasteiger charge is 2.14. The van der Waals surface area contributed by atoms with E-state index in [2.05, 4.69) is 15.6 Å². The number of amides is 1. The van der Waals surface area contributed by atoms with E-state index in [1.54, 1.807) is 26.0 Å². The summed E-state index contributed by atoms with van der Waals surface area (Å²) in [6, 6.07) is 7.63. The summed E-state index contributed by atoms with van der Waals surface area (Å²) in [4.78, 5) is 17.7. The molecule has 0 radical (unpaired) electrons. The van der Waals surface area contributed by atoms with Gasteiger partial charge in [0.15, 0.2) is 5.96 Å². The van der Waals surface area contributed by atoms with Crippen LogP contribution in [-0.4, -0.2) is 57.2 Å². The van der Waals surface area contributed by atoms with Crippen LogP contribution in [0.25, 0.3) is 0 Å². The van der Waals surface area contributed by atoms with Crippen LogP contribution in [0, 0.1) is 0 Å². The molecule has 1 aliphatic rings. The van der Waals surface area contributed by atoms with Crippen molar-refractivity contribution < 1.29 is 9.53 Å². The summed E-state index contributed by atoms with van der Waals surface area (Å²) in [5.41, 5.74) is 1.80. The lowest BCUT2D eigenvalue weighted by Crippen LogP contribution is -2.38. The van der Waals surface area contributed by atoms with Gasteiger partial charge in [-0.15, -0.1) is 0 Å². The maximum atomic E-state index is 11.9. The van der Waals surface area contributed by atoms with Crippen molar-refractivity contribution in [3.63, 3.8) is 0 Å². The number of nitrogens with one attached hydrogen (secondary N) is 2. The van der Waals surface area contributed by atoms with Crippen LogP contribution in [0.5, 0.6) is 0 Å². The first-order valence-electron chi connectivity index (χ1n) is 8.47. The molecular formula is C18H28N4O2. The molecule has 1 fully saturated rings. The second-order valence-corrected chi connectivity index (χ2v) is 6.17. The van der Waals surface area contributed by atoms with E-state index >= 15 is 0 Å². The van der Waals surface area contributed by atoms with Crippen molar-refractivity contribution in [3.05, 3.63) is 35.4 Å². The molecule has 1 amide bonds. The van der Waals surface area contributed by atoms with Crippen molar-refractivity contribution >= 4 is 11.9 Å². The zero-order valence-electron chi connectivity index (χ0n) is 14.8. The maximum Gasteiger partial charge on any atom is 0.253 e. The molecule has 1 unspecified atom stereocenters. The largest absolute Gasteiger partial charge is 0.378 e. The van der Waals surface area contributed by atoms with Crippen LogP contribution in [0.15, 0.2) is 29.3 Å². The molecule has 1 atom stereocenters. The molecule has 6 nitrogen and oxygen atoms in total. The smallest absolute Gasteiger partial charge is 0.253 e. The molecule has 1 aromatic rings. The molecule has 1 saturated heterocycles. The Morgan fingerprint density at radius 3 is 2.62 bits per heavy atom. The van der Waals surface area contributed by atoms with Crippen molar-refractivity contribution in [1.29, 1.82) is 0 Å². The number of ether oxygens (including phenoxy) is 1. The second-order valence-electron chi connectivity index (χ2n) is 6.17. The minimum absolute atomic E-state index is 0.0149. The number of carbonyl (C=O) groups excluding carboxylic acids is 1. The van der Waals surface area contributed by atoms with Gasteiger partial charge in [0.2, 0.25) is 0 Å². The fourth-order valence-electron chi connectivity index (χ4n) is 2.65. The van der Waals surface area contributed by atoms with Crippen LogP contribution < -0.4 is 10.6 Å². The third-order valence-electron chi connectivity index (χ3n) is 4.07. The highest BCUT2D eigenvalue weighted by atomic mass is 16.5. The zero-order chi connectivity index (χ0) is 17.4. The SMILES string of the molecule is CN=C(NCCC1CCCO1)NCc1ccc(C(=O)N(C)C)cc1. The van der Waals surface area contributed by atoms with E-state index in [0.717, 1.165) is 37.5 Å². The predicted octanol–water partition coefficient (Wildman–Crippen LogP) is 1.62. The Kier molecular flexibility index (Phi) is 7.06. The Morgan fingerprint density at radius 2 is 2.04 bits per heavy atom. The molecule has 1 heterocycles. The lowest BCUT2D eigenvalue weighted by molar-refractivity contribution is 0.0827. The Bertz CT molecular complexity index is 549. The lowest BCUT2D eigenvalue weighted by atomic mass is 10.1. The van der Waals surface area contributed by atoms with E-state index in [4.69, 9.17) is 4.74 Å². The molecule has 0 bridgehead atoms. The summed E-state index contributed by atoms with van der Waals surface area (Å²) in [6.45, 7) is 2.40. The Hall–Kier alpha value is -2.08.